The minimum atomic E-state index is -0.385. The first-order chi connectivity index (χ1) is 10.0. The summed E-state index contributed by atoms with van der Waals surface area (Å²) in [7, 11) is 0. The lowest BCUT2D eigenvalue weighted by Crippen LogP contribution is -2.30. The lowest BCUT2D eigenvalue weighted by Gasteiger charge is -2.19. The number of aromatic amines is 1. The Kier molecular flexibility index (Phi) is 5.92. The van der Waals surface area contributed by atoms with Gasteiger partial charge in [0.15, 0.2) is 5.82 Å². The van der Waals surface area contributed by atoms with Crippen LogP contribution in [-0.4, -0.2) is 9.97 Å². The first-order valence-electron chi connectivity index (χ1n) is 7.03. The fraction of sp³-hybridized carbons (Fsp3) is 0.333. The number of H-pyrrole nitrogens is 1. The average molecular weight is 289 g/mol. The van der Waals surface area contributed by atoms with Crippen molar-refractivity contribution in [2.75, 3.05) is 10.7 Å². The van der Waals surface area contributed by atoms with Gasteiger partial charge in [0.2, 0.25) is 0 Å². The van der Waals surface area contributed by atoms with Crippen LogP contribution in [0.15, 0.2) is 29.1 Å². The number of rotatable bonds is 3. The van der Waals surface area contributed by atoms with Gasteiger partial charge in [-0.15, -0.1) is 0 Å². The van der Waals surface area contributed by atoms with E-state index in [1.807, 2.05) is 38.1 Å². The second kappa shape index (κ2) is 7.44. The van der Waals surface area contributed by atoms with Crippen molar-refractivity contribution in [3.8, 4) is 0 Å². The van der Waals surface area contributed by atoms with Gasteiger partial charge in [0, 0.05) is 0 Å². The maximum Gasteiger partial charge on any atom is 0.276 e. The van der Waals surface area contributed by atoms with E-state index in [0.29, 0.717) is 5.82 Å². The van der Waals surface area contributed by atoms with Gasteiger partial charge >= 0.3 is 0 Å². The van der Waals surface area contributed by atoms with Crippen LogP contribution in [0.5, 0.6) is 0 Å². The van der Waals surface area contributed by atoms with E-state index >= 15 is 0 Å². The number of nitrogen functional groups attached to an aromatic ring is 1. The third-order valence-corrected chi connectivity index (χ3v) is 2.88. The van der Waals surface area contributed by atoms with Gasteiger partial charge in [-0.25, -0.2) is 10.8 Å². The fourth-order valence-electron chi connectivity index (χ4n) is 1.81. The minimum Gasteiger partial charge on any atom is -0.391 e. The standard InChI is InChI=1S/C13H17N5O.C2H6/c1-3-9-5-4-6-10(7-9)18(15)12-11(14)13(19)17-8(2)16-12;1-2/h4-7H,3,14-15H2,1-2H3,(H,16,17,19);1-2H3. The van der Waals surface area contributed by atoms with Crippen LogP contribution in [0, 0.1) is 6.92 Å². The van der Waals surface area contributed by atoms with Gasteiger partial charge in [0.25, 0.3) is 5.56 Å². The molecule has 6 nitrogen and oxygen atoms in total. The summed E-state index contributed by atoms with van der Waals surface area (Å²) in [5.41, 5.74) is 7.24. The third-order valence-electron chi connectivity index (χ3n) is 2.88. The van der Waals surface area contributed by atoms with Crippen LogP contribution in [0.3, 0.4) is 0 Å². The van der Waals surface area contributed by atoms with Gasteiger partial charge in [-0.2, -0.15) is 0 Å². The topological polar surface area (TPSA) is 101 Å². The quantitative estimate of drug-likeness (QED) is 0.594. The molecule has 0 unspecified atom stereocenters. The van der Waals surface area contributed by atoms with Crippen LogP contribution in [0.4, 0.5) is 17.2 Å². The van der Waals surface area contributed by atoms with Crippen LogP contribution in [0.1, 0.15) is 32.2 Å². The first-order valence-corrected chi connectivity index (χ1v) is 7.03. The number of aromatic nitrogens is 2. The number of hydrogen-bond acceptors (Lipinski definition) is 5. The van der Waals surface area contributed by atoms with Crippen molar-refractivity contribution in [1.29, 1.82) is 0 Å². The van der Waals surface area contributed by atoms with Crippen molar-refractivity contribution in [2.24, 2.45) is 5.84 Å². The molecule has 0 amide bonds. The lowest BCUT2D eigenvalue weighted by atomic mass is 10.1. The molecule has 5 N–H and O–H groups in total. The second-order valence-electron chi connectivity index (χ2n) is 4.28. The van der Waals surface area contributed by atoms with E-state index in [1.165, 1.54) is 5.01 Å². The Morgan fingerprint density at radius 3 is 2.62 bits per heavy atom. The fourth-order valence-corrected chi connectivity index (χ4v) is 1.81. The molecule has 0 spiro atoms. The highest BCUT2D eigenvalue weighted by atomic mass is 16.1. The van der Waals surface area contributed by atoms with Gasteiger partial charge in [0.1, 0.15) is 11.5 Å². The van der Waals surface area contributed by atoms with Gasteiger partial charge < -0.3 is 10.7 Å². The summed E-state index contributed by atoms with van der Waals surface area (Å²) in [6.45, 7) is 7.74. The molecule has 0 saturated heterocycles. The van der Waals surface area contributed by atoms with Crippen molar-refractivity contribution >= 4 is 17.2 Å². The molecule has 0 aliphatic heterocycles. The molecule has 1 heterocycles. The van der Waals surface area contributed by atoms with Crippen LogP contribution in [-0.2, 0) is 6.42 Å². The first kappa shape index (κ1) is 16.7. The maximum absolute atomic E-state index is 11.6. The highest BCUT2D eigenvalue weighted by Gasteiger charge is 2.13. The lowest BCUT2D eigenvalue weighted by molar-refractivity contribution is 0.960. The molecule has 2 aromatic rings. The number of nitrogens with one attached hydrogen (secondary N) is 1. The molecule has 0 bridgehead atoms. The Morgan fingerprint density at radius 2 is 2.00 bits per heavy atom. The van der Waals surface area contributed by atoms with E-state index in [9.17, 15) is 4.79 Å². The van der Waals surface area contributed by atoms with Crippen LogP contribution >= 0.6 is 0 Å². The summed E-state index contributed by atoms with van der Waals surface area (Å²) in [5, 5.41) is 1.33. The summed E-state index contributed by atoms with van der Waals surface area (Å²) in [6.07, 6.45) is 0.902. The number of hydrazine groups is 1. The summed E-state index contributed by atoms with van der Waals surface area (Å²) in [5.74, 6) is 6.74. The third kappa shape index (κ3) is 3.82. The molecule has 0 atom stereocenters. The van der Waals surface area contributed by atoms with E-state index in [-0.39, 0.29) is 17.1 Å². The molecule has 21 heavy (non-hydrogen) atoms. The molecule has 0 aliphatic rings. The predicted molar refractivity (Wildman–Crippen MR) is 87.5 cm³/mol. The van der Waals surface area contributed by atoms with E-state index < -0.39 is 0 Å². The van der Waals surface area contributed by atoms with Crippen molar-refractivity contribution in [1.82, 2.24) is 9.97 Å². The number of nitrogens with zero attached hydrogens (tertiary/aromatic N) is 2. The molecular formula is C15H23N5O. The average Bonchev–Trinajstić information content (AvgIpc) is 2.52. The normalized spacial score (nSPS) is 9.76. The van der Waals surface area contributed by atoms with Crippen LogP contribution in [0.25, 0.3) is 0 Å². The molecule has 2 rings (SSSR count). The largest absolute Gasteiger partial charge is 0.391 e. The monoisotopic (exact) mass is 289 g/mol. The molecule has 0 fully saturated rings. The summed E-state index contributed by atoms with van der Waals surface area (Å²) in [4.78, 5) is 18.3. The van der Waals surface area contributed by atoms with Gasteiger partial charge in [0.05, 0.1) is 5.69 Å². The van der Waals surface area contributed by atoms with Crippen molar-refractivity contribution in [3.63, 3.8) is 0 Å². The summed E-state index contributed by atoms with van der Waals surface area (Å²) in [6, 6.07) is 7.70. The zero-order valence-electron chi connectivity index (χ0n) is 13.0. The van der Waals surface area contributed by atoms with E-state index in [1.54, 1.807) is 6.92 Å². The minimum absolute atomic E-state index is 0.00926. The number of benzene rings is 1. The zero-order valence-corrected chi connectivity index (χ0v) is 13.0. The number of nitrogens with two attached hydrogens (primary N) is 2. The number of hydrogen-bond donors (Lipinski definition) is 3. The number of anilines is 3. The maximum atomic E-state index is 11.6. The summed E-state index contributed by atoms with van der Waals surface area (Å²) >= 11 is 0. The summed E-state index contributed by atoms with van der Waals surface area (Å²) < 4.78 is 0. The molecule has 0 radical (unpaired) electrons. The Balaban J connectivity index is 0.00000106. The predicted octanol–water partition coefficient (Wildman–Crippen LogP) is 2.26. The molecule has 114 valence electrons. The molecule has 0 saturated carbocycles. The Morgan fingerprint density at radius 1 is 1.33 bits per heavy atom. The van der Waals surface area contributed by atoms with E-state index in [0.717, 1.165) is 17.7 Å². The van der Waals surface area contributed by atoms with Crippen molar-refractivity contribution in [3.05, 3.63) is 46.0 Å². The van der Waals surface area contributed by atoms with Crippen LogP contribution < -0.4 is 22.1 Å². The smallest absolute Gasteiger partial charge is 0.276 e. The van der Waals surface area contributed by atoms with Crippen molar-refractivity contribution in [2.45, 2.75) is 34.1 Å². The van der Waals surface area contributed by atoms with E-state index in [2.05, 4.69) is 16.9 Å². The molecule has 0 aliphatic carbocycles. The Labute approximate surface area is 124 Å². The van der Waals surface area contributed by atoms with Gasteiger partial charge in [-0.05, 0) is 31.0 Å². The van der Waals surface area contributed by atoms with Crippen LogP contribution in [0.2, 0.25) is 0 Å². The zero-order chi connectivity index (χ0) is 16.0. The second-order valence-corrected chi connectivity index (χ2v) is 4.28. The van der Waals surface area contributed by atoms with Gasteiger partial charge in [-0.1, -0.05) is 32.9 Å². The molecule has 1 aromatic carbocycles. The molecular weight excluding hydrogens is 266 g/mol. The van der Waals surface area contributed by atoms with Gasteiger partial charge in [-0.3, -0.25) is 9.80 Å². The SMILES string of the molecule is CC.CCc1cccc(N(N)c2nc(C)[nH]c(=O)c2N)c1. The highest BCUT2D eigenvalue weighted by Crippen LogP contribution is 2.23. The number of aryl methyl sites for hydroxylation is 2. The highest BCUT2D eigenvalue weighted by molar-refractivity contribution is 5.69. The molecule has 6 heteroatoms. The molecule has 1 aromatic heterocycles. The Bertz CT molecular complexity index is 651. The Hall–Kier alpha value is -2.34. The van der Waals surface area contributed by atoms with E-state index in [4.69, 9.17) is 11.6 Å². The van der Waals surface area contributed by atoms with Crippen molar-refractivity contribution < 1.29 is 0 Å².